The Hall–Kier alpha value is -1.44. The van der Waals surface area contributed by atoms with Gasteiger partial charge in [0, 0.05) is 5.69 Å². The molecule has 0 radical (unpaired) electrons. The SMILES string of the molecule is Bc1cc2ccccc2cc1N. The molecular formula is C10H10BN. The van der Waals surface area contributed by atoms with E-state index >= 15 is 0 Å². The van der Waals surface area contributed by atoms with E-state index in [2.05, 4.69) is 18.2 Å². The van der Waals surface area contributed by atoms with E-state index in [0.717, 1.165) is 11.2 Å². The predicted octanol–water partition coefficient (Wildman–Crippen LogP) is 0.680. The van der Waals surface area contributed by atoms with Crippen LogP contribution in [0.15, 0.2) is 36.4 Å². The highest BCUT2D eigenvalue weighted by Crippen LogP contribution is 2.14. The molecule has 58 valence electrons. The van der Waals surface area contributed by atoms with Gasteiger partial charge in [-0.15, -0.1) is 0 Å². The molecule has 0 saturated heterocycles. The minimum atomic E-state index is 0.869. The molecule has 0 heterocycles. The smallest absolute Gasteiger partial charge is 0.142 e. The first-order valence-corrected chi connectivity index (χ1v) is 4.02. The Labute approximate surface area is 72.6 Å². The molecule has 0 aliphatic heterocycles. The van der Waals surface area contributed by atoms with Crippen LogP contribution in [-0.4, -0.2) is 7.85 Å². The Kier molecular flexibility index (Phi) is 1.54. The molecule has 0 saturated carbocycles. The lowest BCUT2D eigenvalue weighted by atomic mass is 9.91. The van der Waals surface area contributed by atoms with Crippen LogP contribution in [-0.2, 0) is 0 Å². The second-order valence-electron chi connectivity index (χ2n) is 3.06. The predicted molar refractivity (Wildman–Crippen MR) is 56.5 cm³/mol. The first-order valence-electron chi connectivity index (χ1n) is 4.02. The summed E-state index contributed by atoms with van der Waals surface area (Å²) in [5.41, 5.74) is 7.80. The van der Waals surface area contributed by atoms with Crippen molar-refractivity contribution in [2.75, 3.05) is 5.73 Å². The highest BCUT2D eigenvalue weighted by molar-refractivity contribution is 6.36. The van der Waals surface area contributed by atoms with Gasteiger partial charge in [0.25, 0.3) is 0 Å². The summed E-state index contributed by atoms with van der Waals surface area (Å²) < 4.78 is 0. The highest BCUT2D eigenvalue weighted by atomic mass is 14.5. The molecule has 0 aromatic heterocycles. The zero-order valence-corrected chi connectivity index (χ0v) is 7.04. The molecule has 0 aliphatic rings. The lowest BCUT2D eigenvalue weighted by Gasteiger charge is -2.02. The molecule has 0 amide bonds. The van der Waals surface area contributed by atoms with Gasteiger partial charge in [0.2, 0.25) is 0 Å². The van der Waals surface area contributed by atoms with Crippen LogP contribution in [0.2, 0.25) is 0 Å². The van der Waals surface area contributed by atoms with Crippen LogP contribution in [0.25, 0.3) is 10.8 Å². The number of rotatable bonds is 0. The zero-order valence-electron chi connectivity index (χ0n) is 7.04. The van der Waals surface area contributed by atoms with E-state index in [-0.39, 0.29) is 0 Å². The van der Waals surface area contributed by atoms with Crippen molar-refractivity contribution in [1.82, 2.24) is 0 Å². The highest BCUT2D eigenvalue weighted by Gasteiger charge is 1.95. The lowest BCUT2D eigenvalue weighted by Crippen LogP contribution is -2.08. The molecule has 0 unspecified atom stereocenters. The van der Waals surface area contributed by atoms with E-state index in [9.17, 15) is 0 Å². The monoisotopic (exact) mass is 155 g/mol. The molecule has 0 spiro atoms. The Morgan fingerprint density at radius 2 is 1.58 bits per heavy atom. The van der Waals surface area contributed by atoms with E-state index in [1.165, 1.54) is 10.8 Å². The quantitative estimate of drug-likeness (QED) is 0.439. The zero-order chi connectivity index (χ0) is 8.55. The largest absolute Gasteiger partial charge is 0.399 e. The molecule has 12 heavy (non-hydrogen) atoms. The molecule has 0 bridgehead atoms. The molecule has 2 rings (SSSR count). The van der Waals surface area contributed by atoms with Crippen LogP contribution >= 0.6 is 0 Å². The summed E-state index contributed by atoms with van der Waals surface area (Å²) in [6.45, 7) is 0. The maximum Gasteiger partial charge on any atom is 0.142 e. The molecule has 0 atom stereocenters. The van der Waals surface area contributed by atoms with Gasteiger partial charge in [-0.25, -0.2) is 0 Å². The van der Waals surface area contributed by atoms with Gasteiger partial charge in [-0.05, 0) is 16.8 Å². The van der Waals surface area contributed by atoms with E-state index < -0.39 is 0 Å². The average molecular weight is 155 g/mol. The molecular weight excluding hydrogens is 145 g/mol. The van der Waals surface area contributed by atoms with Gasteiger partial charge < -0.3 is 5.73 Å². The first-order chi connectivity index (χ1) is 5.77. The van der Waals surface area contributed by atoms with E-state index in [0.29, 0.717) is 0 Å². The van der Waals surface area contributed by atoms with Crippen molar-refractivity contribution in [3.8, 4) is 0 Å². The second kappa shape index (κ2) is 2.56. The van der Waals surface area contributed by atoms with Crippen molar-refractivity contribution in [3.63, 3.8) is 0 Å². The van der Waals surface area contributed by atoms with Crippen LogP contribution in [0.5, 0.6) is 0 Å². The molecule has 2 aromatic rings. The lowest BCUT2D eigenvalue weighted by molar-refractivity contribution is 1.76. The van der Waals surface area contributed by atoms with E-state index in [4.69, 9.17) is 5.73 Å². The summed E-state index contributed by atoms with van der Waals surface area (Å²) in [5, 5.41) is 2.46. The molecule has 0 aliphatic carbocycles. The normalized spacial score (nSPS) is 10.3. The second-order valence-corrected chi connectivity index (χ2v) is 3.06. The summed E-state index contributed by atoms with van der Waals surface area (Å²) >= 11 is 0. The van der Waals surface area contributed by atoms with Crippen LogP contribution in [0, 0.1) is 0 Å². The van der Waals surface area contributed by atoms with Gasteiger partial charge in [-0.1, -0.05) is 35.8 Å². The average Bonchev–Trinajstić information content (AvgIpc) is 2.07. The summed E-state index contributed by atoms with van der Waals surface area (Å²) in [6.07, 6.45) is 0. The van der Waals surface area contributed by atoms with Crippen molar-refractivity contribution < 1.29 is 0 Å². The molecule has 2 aromatic carbocycles. The number of anilines is 1. The summed E-state index contributed by atoms with van der Waals surface area (Å²) in [5.74, 6) is 0. The standard InChI is InChI=1S/C10H10BN/c11-9-5-7-3-1-2-4-8(7)6-10(9)12/h1-6H,11-12H2. The molecule has 2 N–H and O–H groups in total. The van der Waals surface area contributed by atoms with Gasteiger partial charge in [-0.2, -0.15) is 0 Å². The van der Waals surface area contributed by atoms with Crippen LogP contribution < -0.4 is 11.2 Å². The van der Waals surface area contributed by atoms with Crippen molar-refractivity contribution in [2.24, 2.45) is 0 Å². The van der Waals surface area contributed by atoms with Crippen molar-refractivity contribution in [1.29, 1.82) is 0 Å². The van der Waals surface area contributed by atoms with Crippen molar-refractivity contribution in [2.45, 2.75) is 0 Å². The van der Waals surface area contributed by atoms with Gasteiger partial charge >= 0.3 is 0 Å². The number of hydrogen-bond donors (Lipinski definition) is 1. The fraction of sp³-hybridized carbons (Fsp3) is 0. The Morgan fingerprint density at radius 3 is 2.25 bits per heavy atom. The summed E-state index contributed by atoms with van der Waals surface area (Å²) in [7, 11) is 2.03. The van der Waals surface area contributed by atoms with Crippen molar-refractivity contribution >= 4 is 29.8 Å². The third-order valence-corrected chi connectivity index (χ3v) is 2.13. The van der Waals surface area contributed by atoms with Gasteiger partial charge in [0.15, 0.2) is 0 Å². The maximum absolute atomic E-state index is 5.79. The Morgan fingerprint density at radius 1 is 1.00 bits per heavy atom. The van der Waals surface area contributed by atoms with E-state index in [1.807, 2.05) is 26.0 Å². The molecule has 2 heteroatoms. The number of benzene rings is 2. The molecule has 0 fully saturated rings. The first kappa shape index (κ1) is 7.23. The number of nitrogen functional groups attached to an aromatic ring is 1. The molecule has 1 nitrogen and oxygen atoms in total. The summed E-state index contributed by atoms with van der Waals surface area (Å²) in [4.78, 5) is 0. The van der Waals surface area contributed by atoms with Gasteiger partial charge in [0.05, 0.1) is 0 Å². The van der Waals surface area contributed by atoms with Crippen molar-refractivity contribution in [3.05, 3.63) is 36.4 Å². The van der Waals surface area contributed by atoms with Gasteiger partial charge in [0.1, 0.15) is 7.85 Å². The minimum absolute atomic E-state index is 0.869. The minimum Gasteiger partial charge on any atom is -0.399 e. The topological polar surface area (TPSA) is 26.0 Å². The summed E-state index contributed by atoms with van der Waals surface area (Å²) in [6, 6.07) is 12.4. The fourth-order valence-corrected chi connectivity index (χ4v) is 1.37. The fourth-order valence-electron chi connectivity index (χ4n) is 1.37. The van der Waals surface area contributed by atoms with Gasteiger partial charge in [-0.3, -0.25) is 0 Å². The third-order valence-electron chi connectivity index (χ3n) is 2.13. The van der Waals surface area contributed by atoms with E-state index in [1.54, 1.807) is 0 Å². The van der Waals surface area contributed by atoms with Crippen LogP contribution in [0.3, 0.4) is 0 Å². The third kappa shape index (κ3) is 1.05. The maximum atomic E-state index is 5.79. The Bertz CT molecular complexity index is 383. The number of hydrogen-bond acceptors (Lipinski definition) is 1. The number of fused-ring (bicyclic) bond motifs is 1. The number of nitrogens with two attached hydrogens (primary N) is 1. The van der Waals surface area contributed by atoms with Crippen LogP contribution in [0.4, 0.5) is 5.69 Å². The Balaban J connectivity index is 2.84. The van der Waals surface area contributed by atoms with Crippen LogP contribution in [0.1, 0.15) is 0 Å².